The third-order valence-electron chi connectivity index (χ3n) is 4.24. The van der Waals surface area contributed by atoms with Gasteiger partial charge in [-0.2, -0.15) is 0 Å². The summed E-state index contributed by atoms with van der Waals surface area (Å²) in [6, 6.07) is 10.9. The predicted octanol–water partition coefficient (Wildman–Crippen LogP) is 4.77. The Morgan fingerprint density at radius 1 is 1.32 bits per heavy atom. The number of aliphatic imine (C=N–C) groups is 1. The summed E-state index contributed by atoms with van der Waals surface area (Å²) in [4.78, 5) is 31.3. The van der Waals surface area contributed by atoms with Gasteiger partial charge in [-0.1, -0.05) is 29.4 Å². The molecule has 1 fully saturated rings. The predicted molar refractivity (Wildman–Crippen MR) is 112 cm³/mol. The average Bonchev–Trinajstić information content (AvgIpc) is 2.66. The molecule has 28 heavy (non-hydrogen) atoms. The number of carbonyl (C=O) groups is 2. The van der Waals surface area contributed by atoms with Crippen LogP contribution in [0.1, 0.15) is 18.9 Å². The highest BCUT2D eigenvalue weighted by atomic mass is 35.5. The molecule has 2 aromatic rings. The molecule has 3 rings (SSSR count). The van der Waals surface area contributed by atoms with Gasteiger partial charge in [-0.05, 0) is 55.8 Å². The van der Waals surface area contributed by atoms with Crippen LogP contribution in [0.25, 0.3) is 0 Å². The molecule has 8 heteroatoms. The van der Waals surface area contributed by atoms with Crippen LogP contribution in [-0.4, -0.2) is 33.7 Å². The molecule has 146 valence electrons. The molecule has 0 aromatic heterocycles. The van der Waals surface area contributed by atoms with Crippen molar-refractivity contribution >= 4 is 51.7 Å². The number of halogens is 2. The second-order valence-corrected chi connectivity index (χ2v) is 7.85. The summed E-state index contributed by atoms with van der Waals surface area (Å²) in [6.07, 6.45) is 0.0687. The van der Waals surface area contributed by atoms with Crippen LogP contribution in [0, 0.1) is 12.7 Å². The van der Waals surface area contributed by atoms with E-state index in [2.05, 4.69) is 10.3 Å². The number of hydrogen-bond donors (Lipinski definition) is 1. The molecular formula is C20H19ClFN3O2S. The maximum atomic E-state index is 13.0. The Balaban J connectivity index is 1.82. The molecule has 1 atom stereocenters. The van der Waals surface area contributed by atoms with Crippen molar-refractivity contribution < 1.29 is 14.0 Å². The molecule has 1 unspecified atom stereocenters. The third-order valence-corrected chi connectivity index (χ3v) is 5.84. The Hall–Kier alpha value is -2.38. The SMILES string of the molecule is CCN1C(=O)CC(C(=O)Nc2ccc(F)cc2)SC1=Nc1ccc(C)c(Cl)c1. The summed E-state index contributed by atoms with van der Waals surface area (Å²) in [5, 5.41) is 3.14. The second kappa shape index (κ2) is 8.75. The highest BCUT2D eigenvalue weighted by Crippen LogP contribution is 2.31. The van der Waals surface area contributed by atoms with Gasteiger partial charge < -0.3 is 5.32 Å². The van der Waals surface area contributed by atoms with Crippen LogP contribution >= 0.6 is 23.4 Å². The number of amidine groups is 1. The van der Waals surface area contributed by atoms with Crippen LogP contribution in [0.2, 0.25) is 5.02 Å². The summed E-state index contributed by atoms with van der Waals surface area (Å²) in [7, 11) is 0. The monoisotopic (exact) mass is 419 g/mol. The first kappa shape index (κ1) is 20.4. The van der Waals surface area contributed by atoms with Crippen molar-refractivity contribution in [2.24, 2.45) is 4.99 Å². The zero-order chi connectivity index (χ0) is 20.3. The normalized spacial score (nSPS) is 18.4. The number of benzene rings is 2. The van der Waals surface area contributed by atoms with Gasteiger partial charge in [-0.25, -0.2) is 9.38 Å². The van der Waals surface area contributed by atoms with Gasteiger partial charge in [-0.3, -0.25) is 14.5 Å². The number of carbonyl (C=O) groups excluding carboxylic acids is 2. The smallest absolute Gasteiger partial charge is 0.238 e. The lowest BCUT2D eigenvalue weighted by Crippen LogP contribution is -2.45. The van der Waals surface area contributed by atoms with Gasteiger partial charge in [0.2, 0.25) is 11.8 Å². The molecule has 1 heterocycles. The zero-order valence-electron chi connectivity index (χ0n) is 15.4. The first-order valence-corrected chi connectivity index (χ1v) is 10.0. The van der Waals surface area contributed by atoms with Gasteiger partial charge in [-0.15, -0.1) is 0 Å². The minimum absolute atomic E-state index is 0.0687. The van der Waals surface area contributed by atoms with Crippen LogP contribution in [0.5, 0.6) is 0 Å². The van der Waals surface area contributed by atoms with Crippen molar-refractivity contribution in [3.05, 3.63) is 58.9 Å². The lowest BCUT2D eigenvalue weighted by molar-refractivity contribution is -0.129. The fraction of sp³-hybridized carbons (Fsp3) is 0.250. The van der Waals surface area contributed by atoms with E-state index in [0.717, 1.165) is 5.56 Å². The quantitative estimate of drug-likeness (QED) is 0.776. The van der Waals surface area contributed by atoms with Crippen LogP contribution in [0.4, 0.5) is 15.8 Å². The Labute approximate surface area is 172 Å². The van der Waals surface area contributed by atoms with Gasteiger partial charge in [0, 0.05) is 23.7 Å². The van der Waals surface area contributed by atoms with E-state index in [-0.39, 0.29) is 24.1 Å². The Bertz CT molecular complexity index is 934. The van der Waals surface area contributed by atoms with Crippen LogP contribution in [0.15, 0.2) is 47.5 Å². The van der Waals surface area contributed by atoms with Crippen molar-refractivity contribution in [2.75, 3.05) is 11.9 Å². The van der Waals surface area contributed by atoms with E-state index in [4.69, 9.17) is 11.6 Å². The molecule has 0 spiro atoms. The van der Waals surface area contributed by atoms with Crippen LogP contribution in [-0.2, 0) is 9.59 Å². The number of nitrogens with zero attached hydrogens (tertiary/aromatic N) is 2. The number of thioether (sulfide) groups is 1. The largest absolute Gasteiger partial charge is 0.325 e. The van der Waals surface area contributed by atoms with Crippen molar-refractivity contribution in [1.29, 1.82) is 0 Å². The number of aryl methyl sites for hydroxylation is 1. The highest BCUT2D eigenvalue weighted by molar-refractivity contribution is 8.15. The third kappa shape index (κ3) is 4.72. The molecule has 1 aliphatic heterocycles. The first-order chi connectivity index (χ1) is 13.4. The van der Waals surface area contributed by atoms with Gasteiger partial charge in [0.05, 0.1) is 5.69 Å². The summed E-state index contributed by atoms with van der Waals surface area (Å²) >= 11 is 7.39. The fourth-order valence-electron chi connectivity index (χ4n) is 2.67. The molecule has 2 amide bonds. The minimum Gasteiger partial charge on any atom is -0.325 e. The van der Waals surface area contributed by atoms with Crippen molar-refractivity contribution in [1.82, 2.24) is 4.90 Å². The molecule has 0 aliphatic carbocycles. The lowest BCUT2D eigenvalue weighted by atomic mass is 10.2. The molecule has 2 aromatic carbocycles. The number of rotatable bonds is 4. The van der Waals surface area contributed by atoms with Gasteiger partial charge in [0.25, 0.3) is 0 Å². The minimum atomic E-state index is -0.625. The van der Waals surface area contributed by atoms with E-state index < -0.39 is 5.25 Å². The summed E-state index contributed by atoms with van der Waals surface area (Å²) < 4.78 is 13.0. The molecule has 1 aliphatic rings. The molecule has 0 saturated carbocycles. The number of hydrogen-bond acceptors (Lipinski definition) is 4. The molecule has 0 radical (unpaired) electrons. The van der Waals surface area contributed by atoms with Crippen LogP contribution < -0.4 is 5.32 Å². The maximum Gasteiger partial charge on any atom is 0.238 e. The summed E-state index contributed by atoms with van der Waals surface area (Å²) in [5.74, 6) is -0.877. The van der Waals surface area contributed by atoms with Crippen LogP contribution in [0.3, 0.4) is 0 Å². The summed E-state index contributed by atoms with van der Waals surface area (Å²) in [6.45, 7) is 4.21. The standard InChI is InChI=1S/C20H19ClFN3O2S/c1-3-25-18(26)11-17(19(27)23-14-8-5-13(22)6-9-14)28-20(25)24-15-7-4-12(2)16(21)10-15/h4-10,17H,3,11H2,1-2H3,(H,23,27). The Morgan fingerprint density at radius 3 is 2.68 bits per heavy atom. The highest BCUT2D eigenvalue weighted by Gasteiger charge is 2.35. The molecular weight excluding hydrogens is 401 g/mol. The molecule has 1 N–H and O–H groups in total. The molecule has 0 bridgehead atoms. The fourth-order valence-corrected chi connectivity index (χ4v) is 4.01. The first-order valence-electron chi connectivity index (χ1n) is 8.75. The van der Waals surface area contributed by atoms with Gasteiger partial charge in [0.1, 0.15) is 11.1 Å². The zero-order valence-corrected chi connectivity index (χ0v) is 17.0. The Kier molecular flexibility index (Phi) is 6.36. The van der Waals surface area contributed by atoms with Crippen molar-refractivity contribution in [2.45, 2.75) is 25.5 Å². The van der Waals surface area contributed by atoms with Crippen molar-refractivity contribution in [3.8, 4) is 0 Å². The summed E-state index contributed by atoms with van der Waals surface area (Å²) in [5.41, 5.74) is 2.02. The topological polar surface area (TPSA) is 61.8 Å². The van der Waals surface area contributed by atoms with E-state index in [1.165, 1.54) is 36.0 Å². The van der Waals surface area contributed by atoms with E-state index in [9.17, 15) is 14.0 Å². The lowest BCUT2D eigenvalue weighted by Gasteiger charge is -2.30. The second-order valence-electron chi connectivity index (χ2n) is 6.27. The van der Waals surface area contributed by atoms with E-state index in [0.29, 0.717) is 28.1 Å². The number of nitrogens with one attached hydrogen (secondary N) is 1. The number of anilines is 1. The molecule has 5 nitrogen and oxygen atoms in total. The number of amides is 2. The van der Waals surface area contributed by atoms with Crippen molar-refractivity contribution in [3.63, 3.8) is 0 Å². The average molecular weight is 420 g/mol. The van der Waals surface area contributed by atoms with E-state index >= 15 is 0 Å². The van der Waals surface area contributed by atoms with Gasteiger partial charge in [0.15, 0.2) is 5.17 Å². The van der Waals surface area contributed by atoms with E-state index in [1.54, 1.807) is 11.0 Å². The van der Waals surface area contributed by atoms with E-state index in [1.807, 2.05) is 26.0 Å². The maximum absolute atomic E-state index is 13.0. The Morgan fingerprint density at radius 2 is 2.04 bits per heavy atom. The molecule has 1 saturated heterocycles. The van der Waals surface area contributed by atoms with Gasteiger partial charge >= 0.3 is 0 Å².